The molecule has 1 aromatic heterocycles. The molecule has 1 aromatic carbocycles. The van der Waals surface area contributed by atoms with Crippen LogP contribution in [0, 0.1) is 5.82 Å². The van der Waals surface area contributed by atoms with Crippen LogP contribution in [0.5, 0.6) is 11.6 Å². The van der Waals surface area contributed by atoms with Gasteiger partial charge in [0.25, 0.3) is 0 Å². The zero-order chi connectivity index (χ0) is 27.6. The summed E-state index contributed by atoms with van der Waals surface area (Å²) in [5.74, 6) is -1.72. The van der Waals surface area contributed by atoms with Crippen LogP contribution in [0.1, 0.15) is 125 Å². The lowest BCUT2D eigenvalue weighted by atomic mass is 10.1. The van der Waals surface area contributed by atoms with Crippen LogP contribution in [0.2, 0.25) is 0 Å². The maximum atomic E-state index is 14.5. The smallest absolute Gasteiger partial charge is 0.344 e. The van der Waals surface area contributed by atoms with Crippen molar-refractivity contribution >= 4 is 11.9 Å². The van der Waals surface area contributed by atoms with Crippen LogP contribution in [0.15, 0.2) is 36.5 Å². The minimum Gasteiger partial charge on any atom is -0.488 e. The first-order valence-electron chi connectivity index (χ1n) is 14.3. The molecule has 7 heteroatoms. The highest BCUT2D eigenvalue weighted by Gasteiger charge is 2.16. The van der Waals surface area contributed by atoms with Crippen molar-refractivity contribution in [3.63, 3.8) is 0 Å². The van der Waals surface area contributed by atoms with Crippen LogP contribution in [-0.4, -0.2) is 29.6 Å². The average Bonchev–Trinajstić information content (AvgIpc) is 2.91. The third-order valence-electron chi connectivity index (χ3n) is 6.36. The molecule has 2 aromatic rings. The average molecular weight is 530 g/mol. The van der Waals surface area contributed by atoms with Crippen molar-refractivity contribution in [2.45, 2.75) is 110 Å². The molecule has 0 amide bonds. The van der Waals surface area contributed by atoms with E-state index in [-0.39, 0.29) is 28.9 Å². The van der Waals surface area contributed by atoms with Crippen LogP contribution in [0.4, 0.5) is 4.39 Å². The van der Waals surface area contributed by atoms with E-state index in [4.69, 9.17) is 14.2 Å². The fraction of sp³-hybridized carbons (Fsp3) is 0.581. The number of ether oxygens (including phenoxy) is 3. The van der Waals surface area contributed by atoms with Crippen molar-refractivity contribution in [3.05, 3.63) is 53.5 Å². The fourth-order valence-corrected chi connectivity index (χ4v) is 4.06. The van der Waals surface area contributed by atoms with E-state index >= 15 is 0 Å². The molecule has 1 atom stereocenters. The molecule has 1 heterocycles. The number of aromatic nitrogens is 1. The van der Waals surface area contributed by atoms with Gasteiger partial charge in [0, 0.05) is 12.3 Å². The molecule has 0 saturated carbocycles. The summed E-state index contributed by atoms with van der Waals surface area (Å²) in [4.78, 5) is 28.7. The normalized spacial score (nSPS) is 11.7. The van der Waals surface area contributed by atoms with Crippen LogP contribution >= 0.6 is 0 Å². The summed E-state index contributed by atoms with van der Waals surface area (Å²) in [5.41, 5.74) is 0.321. The molecule has 0 aliphatic carbocycles. The number of carbonyl (C=O) groups is 2. The molecule has 2 rings (SSSR count). The molecule has 6 nitrogen and oxygen atoms in total. The lowest BCUT2D eigenvalue weighted by molar-refractivity contribution is 0.0497. The maximum absolute atomic E-state index is 14.5. The molecule has 0 radical (unpaired) electrons. The number of esters is 2. The second-order valence-electron chi connectivity index (χ2n) is 9.81. The Kier molecular flexibility index (Phi) is 15.1. The number of halogens is 1. The van der Waals surface area contributed by atoms with Crippen molar-refractivity contribution in [3.8, 4) is 11.6 Å². The number of pyridine rings is 1. The molecular formula is C31H44FNO5. The predicted molar refractivity (Wildman–Crippen MR) is 147 cm³/mol. The molecular weight excluding hydrogens is 485 g/mol. The van der Waals surface area contributed by atoms with Crippen LogP contribution in [-0.2, 0) is 4.74 Å². The van der Waals surface area contributed by atoms with Gasteiger partial charge in [-0.2, -0.15) is 0 Å². The van der Waals surface area contributed by atoms with Gasteiger partial charge >= 0.3 is 11.9 Å². The summed E-state index contributed by atoms with van der Waals surface area (Å²) in [5, 5.41) is 0. The van der Waals surface area contributed by atoms with Crippen molar-refractivity contribution in [2.24, 2.45) is 0 Å². The highest BCUT2D eigenvalue weighted by atomic mass is 19.1. The van der Waals surface area contributed by atoms with Gasteiger partial charge < -0.3 is 14.2 Å². The standard InChI is InChI=1S/C31H44FNO5/c1-4-6-8-10-11-12-13-15-21-36-30(34)26-18-20-29(33-23-26)38-31(35)25-17-19-28(27(32)22-25)37-24(3)16-14-9-7-5-2/h17-20,22-24H,4-16,21H2,1-3H3. The van der Waals surface area contributed by atoms with Gasteiger partial charge in [-0.25, -0.2) is 19.0 Å². The zero-order valence-electron chi connectivity index (χ0n) is 23.3. The summed E-state index contributed by atoms with van der Waals surface area (Å²) in [6.45, 7) is 6.64. The number of hydrogen-bond acceptors (Lipinski definition) is 6. The second kappa shape index (κ2) is 18.3. The summed E-state index contributed by atoms with van der Waals surface area (Å²) < 4.78 is 30.8. The van der Waals surface area contributed by atoms with Gasteiger partial charge in [0.1, 0.15) is 0 Å². The second-order valence-corrected chi connectivity index (χ2v) is 9.81. The van der Waals surface area contributed by atoms with Gasteiger partial charge in [-0.1, -0.05) is 78.1 Å². The van der Waals surface area contributed by atoms with Crippen molar-refractivity contribution in [1.29, 1.82) is 0 Å². The number of hydrogen-bond donors (Lipinski definition) is 0. The summed E-state index contributed by atoms with van der Waals surface area (Å²) in [6, 6.07) is 6.90. The maximum Gasteiger partial charge on any atom is 0.344 e. The van der Waals surface area contributed by atoms with E-state index in [2.05, 4.69) is 18.8 Å². The summed E-state index contributed by atoms with van der Waals surface area (Å²) >= 11 is 0. The minimum absolute atomic E-state index is 0.0102. The summed E-state index contributed by atoms with van der Waals surface area (Å²) in [6.07, 6.45) is 15.9. The van der Waals surface area contributed by atoms with Gasteiger partial charge in [0.05, 0.1) is 23.8 Å². The third-order valence-corrected chi connectivity index (χ3v) is 6.36. The largest absolute Gasteiger partial charge is 0.488 e. The molecule has 210 valence electrons. The molecule has 0 saturated heterocycles. The van der Waals surface area contributed by atoms with E-state index in [0.29, 0.717) is 6.61 Å². The summed E-state index contributed by atoms with van der Waals surface area (Å²) in [7, 11) is 0. The Balaban J connectivity index is 1.74. The van der Waals surface area contributed by atoms with E-state index in [0.717, 1.165) is 51.0 Å². The van der Waals surface area contributed by atoms with Gasteiger partial charge in [0.2, 0.25) is 5.88 Å². The van der Waals surface area contributed by atoms with Crippen LogP contribution in [0.3, 0.4) is 0 Å². The Morgan fingerprint density at radius 3 is 2.08 bits per heavy atom. The number of nitrogens with zero attached hydrogens (tertiary/aromatic N) is 1. The minimum atomic E-state index is -0.749. The van der Waals surface area contributed by atoms with Crippen LogP contribution < -0.4 is 9.47 Å². The fourth-order valence-electron chi connectivity index (χ4n) is 4.06. The first kappa shape index (κ1) is 31.3. The van der Waals surface area contributed by atoms with Gasteiger partial charge in [0.15, 0.2) is 11.6 Å². The lowest BCUT2D eigenvalue weighted by Gasteiger charge is -2.15. The Labute approximate surface area is 227 Å². The Bertz CT molecular complexity index is 963. The van der Waals surface area contributed by atoms with E-state index < -0.39 is 17.8 Å². The molecule has 0 bridgehead atoms. The van der Waals surface area contributed by atoms with E-state index in [1.54, 1.807) is 0 Å². The monoisotopic (exact) mass is 529 g/mol. The zero-order valence-corrected chi connectivity index (χ0v) is 23.3. The molecule has 1 unspecified atom stereocenters. The van der Waals surface area contributed by atoms with Gasteiger partial charge in [-0.05, 0) is 50.5 Å². The van der Waals surface area contributed by atoms with E-state index in [1.165, 1.54) is 69.0 Å². The van der Waals surface area contributed by atoms with Gasteiger partial charge in [-0.3, -0.25) is 0 Å². The highest BCUT2D eigenvalue weighted by molar-refractivity contribution is 5.91. The lowest BCUT2D eigenvalue weighted by Crippen LogP contribution is -2.14. The Morgan fingerprint density at radius 2 is 1.45 bits per heavy atom. The quantitative estimate of drug-likeness (QED) is 0.134. The van der Waals surface area contributed by atoms with E-state index in [1.807, 2.05) is 6.92 Å². The number of benzene rings is 1. The molecule has 0 N–H and O–H groups in total. The molecule has 0 aliphatic rings. The molecule has 0 spiro atoms. The predicted octanol–water partition coefficient (Wildman–Crippen LogP) is 8.48. The highest BCUT2D eigenvalue weighted by Crippen LogP contribution is 2.22. The van der Waals surface area contributed by atoms with E-state index in [9.17, 15) is 14.0 Å². The number of carbonyl (C=O) groups excluding carboxylic acids is 2. The Morgan fingerprint density at radius 1 is 0.816 bits per heavy atom. The third kappa shape index (κ3) is 12.1. The van der Waals surface area contributed by atoms with Gasteiger partial charge in [-0.15, -0.1) is 0 Å². The Hall–Kier alpha value is -2.96. The topological polar surface area (TPSA) is 74.7 Å². The first-order chi connectivity index (χ1) is 18.4. The van der Waals surface area contributed by atoms with Crippen molar-refractivity contribution < 1.29 is 28.2 Å². The SMILES string of the molecule is CCCCCCCCCCOC(=O)c1ccc(OC(=O)c2ccc(OC(C)CCCCCC)c(F)c2)nc1. The molecule has 0 aliphatic heterocycles. The number of unbranched alkanes of at least 4 members (excludes halogenated alkanes) is 10. The van der Waals surface area contributed by atoms with Crippen molar-refractivity contribution in [2.75, 3.05) is 6.61 Å². The first-order valence-corrected chi connectivity index (χ1v) is 14.3. The van der Waals surface area contributed by atoms with Crippen LogP contribution in [0.25, 0.3) is 0 Å². The van der Waals surface area contributed by atoms with Crippen molar-refractivity contribution in [1.82, 2.24) is 4.98 Å². The molecule has 38 heavy (non-hydrogen) atoms. The number of rotatable bonds is 19. The molecule has 0 fully saturated rings.